The quantitative estimate of drug-likeness (QED) is 0.667. The highest BCUT2D eigenvalue weighted by molar-refractivity contribution is 6.00. The molecule has 1 atom stereocenters. The minimum atomic E-state index is -4.95. The second-order valence-electron chi connectivity index (χ2n) is 4.81. The van der Waals surface area contributed by atoms with Gasteiger partial charge in [0, 0.05) is 5.56 Å². The van der Waals surface area contributed by atoms with Crippen LogP contribution in [0.15, 0.2) is 18.2 Å². The monoisotopic (exact) mass is 311 g/mol. The summed E-state index contributed by atoms with van der Waals surface area (Å²) in [6.45, 7) is 0.515. The first kappa shape index (κ1) is 15.8. The molecular weight excluding hydrogens is 300 g/mol. The lowest BCUT2D eigenvalue weighted by molar-refractivity contribution is -0.143. The van der Waals surface area contributed by atoms with Gasteiger partial charge in [0.1, 0.15) is 0 Å². The Bertz CT molecular complexity index is 510. The Labute approximate surface area is 116 Å². The number of carbonyl (C=O) groups excluding carboxylic acids is 1. The number of ketones is 1. The predicted octanol–water partition coefficient (Wildman–Crippen LogP) is 3.66. The van der Waals surface area contributed by atoms with E-state index < -0.39 is 40.9 Å². The molecule has 1 heterocycles. The number of carbonyl (C=O) groups is 1. The number of hydrogen-bond acceptors (Lipinski definition) is 2. The molecule has 1 aromatic carbocycles. The number of hydrogen-bond donors (Lipinski definition) is 1. The van der Waals surface area contributed by atoms with Crippen molar-refractivity contribution in [1.29, 1.82) is 0 Å². The van der Waals surface area contributed by atoms with Crippen molar-refractivity contribution in [3.8, 4) is 0 Å². The van der Waals surface area contributed by atoms with Crippen molar-refractivity contribution in [1.82, 2.24) is 5.32 Å². The highest BCUT2D eigenvalue weighted by atomic mass is 19.4. The molecule has 0 amide bonds. The molecule has 0 aromatic heterocycles. The SMILES string of the molecule is O=C(c1cc(C(F)(F)F)cc(C(F)(F)F)c1)C1CCCN1. The van der Waals surface area contributed by atoms with Gasteiger partial charge in [-0.3, -0.25) is 4.79 Å². The Kier molecular flexibility index (Phi) is 4.01. The fraction of sp³-hybridized carbons (Fsp3) is 0.462. The minimum Gasteiger partial charge on any atom is -0.307 e. The van der Waals surface area contributed by atoms with E-state index in [9.17, 15) is 31.1 Å². The van der Waals surface area contributed by atoms with E-state index in [2.05, 4.69) is 5.32 Å². The lowest BCUT2D eigenvalue weighted by Crippen LogP contribution is -2.31. The lowest BCUT2D eigenvalue weighted by Gasteiger charge is -2.15. The van der Waals surface area contributed by atoms with Crippen LogP contribution in [0.25, 0.3) is 0 Å². The fourth-order valence-electron chi connectivity index (χ4n) is 2.21. The van der Waals surface area contributed by atoms with Crippen molar-refractivity contribution in [2.75, 3.05) is 6.54 Å². The van der Waals surface area contributed by atoms with E-state index in [0.717, 1.165) is 0 Å². The van der Waals surface area contributed by atoms with Crippen LogP contribution in [0.4, 0.5) is 26.3 Å². The second kappa shape index (κ2) is 5.32. The van der Waals surface area contributed by atoms with Gasteiger partial charge < -0.3 is 5.32 Å². The second-order valence-corrected chi connectivity index (χ2v) is 4.81. The largest absolute Gasteiger partial charge is 0.416 e. The Morgan fingerprint density at radius 3 is 1.90 bits per heavy atom. The average Bonchev–Trinajstić information content (AvgIpc) is 2.89. The third-order valence-corrected chi connectivity index (χ3v) is 3.25. The van der Waals surface area contributed by atoms with Crippen molar-refractivity contribution in [2.45, 2.75) is 31.2 Å². The number of halogens is 6. The summed E-state index contributed by atoms with van der Waals surface area (Å²) in [5.74, 6) is -0.746. The molecule has 1 aromatic rings. The van der Waals surface area contributed by atoms with Crippen molar-refractivity contribution < 1.29 is 31.1 Å². The van der Waals surface area contributed by atoms with Crippen LogP contribution in [0.2, 0.25) is 0 Å². The standard InChI is InChI=1S/C13H11F6NO/c14-12(15,16)8-4-7(5-9(6-8)13(17,18)19)11(21)10-2-1-3-20-10/h4-6,10,20H,1-3H2. The topological polar surface area (TPSA) is 29.1 Å². The van der Waals surface area contributed by atoms with E-state index >= 15 is 0 Å². The Morgan fingerprint density at radius 1 is 1.00 bits per heavy atom. The summed E-state index contributed by atoms with van der Waals surface area (Å²) in [5, 5.41) is 2.76. The van der Waals surface area contributed by atoms with Crippen molar-refractivity contribution >= 4 is 5.78 Å². The number of rotatable bonds is 2. The van der Waals surface area contributed by atoms with Gasteiger partial charge in [0.05, 0.1) is 17.2 Å². The maximum atomic E-state index is 12.7. The summed E-state index contributed by atoms with van der Waals surface area (Å²) in [6.07, 6.45) is -8.84. The molecule has 1 aliphatic heterocycles. The normalized spacial score (nSPS) is 19.8. The van der Waals surface area contributed by atoms with E-state index in [0.29, 0.717) is 31.5 Å². The first-order valence-corrected chi connectivity index (χ1v) is 6.16. The Morgan fingerprint density at radius 2 is 1.52 bits per heavy atom. The summed E-state index contributed by atoms with van der Waals surface area (Å²) < 4.78 is 76.1. The molecule has 2 rings (SSSR count). The lowest BCUT2D eigenvalue weighted by atomic mass is 9.97. The summed E-state index contributed by atoms with van der Waals surface area (Å²) in [6, 6.07) is 0.225. The van der Waals surface area contributed by atoms with E-state index in [4.69, 9.17) is 0 Å². The van der Waals surface area contributed by atoms with Gasteiger partial charge in [0.25, 0.3) is 0 Å². The van der Waals surface area contributed by atoms with E-state index in [1.807, 2.05) is 0 Å². The predicted molar refractivity (Wildman–Crippen MR) is 61.8 cm³/mol. The van der Waals surface area contributed by atoms with Gasteiger partial charge >= 0.3 is 12.4 Å². The van der Waals surface area contributed by atoms with Crippen molar-refractivity contribution in [2.24, 2.45) is 0 Å². The fourth-order valence-corrected chi connectivity index (χ4v) is 2.21. The van der Waals surface area contributed by atoms with Gasteiger partial charge in [-0.05, 0) is 37.6 Å². The molecular formula is C13H11F6NO. The first-order valence-electron chi connectivity index (χ1n) is 6.16. The summed E-state index contributed by atoms with van der Waals surface area (Å²) in [5.41, 5.74) is -3.52. The molecule has 1 N–H and O–H groups in total. The van der Waals surface area contributed by atoms with Crippen LogP contribution in [0.3, 0.4) is 0 Å². The molecule has 0 saturated carbocycles. The first-order chi connectivity index (χ1) is 9.59. The van der Waals surface area contributed by atoms with Crippen LogP contribution < -0.4 is 5.32 Å². The zero-order valence-electron chi connectivity index (χ0n) is 10.6. The van der Waals surface area contributed by atoms with Gasteiger partial charge in [0.2, 0.25) is 0 Å². The van der Waals surface area contributed by atoms with Crippen LogP contribution in [-0.2, 0) is 12.4 Å². The third kappa shape index (κ3) is 3.55. The Hall–Kier alpha value is -1.57. The highest BCUT2D eigenvalue weighted by Crippen LogP contribution is 2.36. The molecule has 0 bridgehead atoms. The molecule has 0 aliphatic carbocycles. The van der Waals surface area contributed by atoms with Crippen LogP contribution in [0.5, 0.6) is 0 Å². The molecule has 1 aliphatic rings. The highest BCUT2D eigenvalue weighted by Gasteiger charge is 2.38. The molecule has 0 spiro atoms. The summed E-state index contributed by atoms with van der Waals surface area (Å²) in [4.78, 5) is 12.0. The molecule has 0 radical (unpaired) electrons. The molecule has 8 heteroatoms. The molecule has 2 nitrogen and oxygen atoms in total. The van der Waals surface area contributed by atoms with E-state index in [1.165, 1.54) is 0 Å². The molecule has 1 unspecified atom stereocenters. The van der Waals surface area contributed by atoms with Crippen LogP contribution in [0, 0.1) is 0 Å². The zero-order chi connectivity index (χ0) is 15.8. The van der Waals surface area contributed by atoms with Gasteiger partial charge in [-0.1, -0.05) is 0 Å². The number of nitrogens with one attached hydrogen (secondary N) is 1. The minimum absolute atomic E-state index is 0.0128. The number of Topliss-reactive ketones (excluding diaryl/α,β-unsaturated/α-hetero) is 1. The van der Waals surface area contributed by atoms with E-state index in [-0.39, 0.29) is 6.07 Å². The van der Waals surface area contributed by atoms with Gasteiger partial charge in [0.15, 0.2) is 5.78 Å². The molecule has 116 valence electrons. The van der Waals surface area contributed by atoms with Crippen LogP contribution in [0.1, 0.15) is 34.3 Å². The number of benzene rings is 1. The smallest absolute Gasteiger partial charge is 0.307 e. The number of alkyl halides is 6. The van der Waals surface area contributed by atoms with Gasteiger partial charge in [-0.2, -0.15) is 26.3 Å². The third-order valence-electron chi connectivity index (χ3n) is 3.25. The van der Waals surface area contributed by atoms with Crippen LogP contribution in [-0.4, -0.2) is 18.4 Å². The maximum Gasteiger partial charge on any atom is 0.416 e. The molecule has 1 fully saturated rings. The maximum absolute atomic E-state index is 12.7. The average molecular weight is 311 g/mol. The van der Waals surface area contributed by atoms with Crippen LogP contribution >= 0.6 is 0 Å². The molecule has 1 saturated heterocycles. The van der Waals surface area contributed by atoms with Crippen molar-refractivity contribution in [3.05, 3.63) is 34.9 Å². The Balaban J connectivity index is 2.47. The van der Waals surface area contributed by atoms with E-state index in [1.54, 1.807) is 0 Å². The molecule has 21 heavy (non-hydrogen) atoms. The van der Waals surface area contributed by atoms with Gasteiger partial charge in [-0.15, -0.1) is 0 Å². The van der Waals surface area contributed by atoms with Gasteiger partial charge in [-0.25, -0.2) is 0 Å². The summed E-state index contributed by atoms with van der Waals surface area (Å²) in [7, 11) is 0. The zero-order valence-corrected chi connectivity index (χ0v) is 10.6. The summed E-state index contributed by atoms with van der Waals surface area (Å²) >= 11 is 0. The van der Waals surface area contributed by atoms with Crippen molar-refractivity contribution in [3.63, 3.8) is 0 Å².